The van der Waals surface area contributed by atoms with Crippen LogP contribution in [0, 0.1) is 12.7 Å². The smallest absolute Gasteiger partial charge is 0.165 e. The first-order chi connectivity index (χ1) is 10.1. The molecule has 1 unspecified atom stereocenters. The van der Waals surface area contributed by atoms with E-state index in [1.54, 1.807) is 6.07 Å². The number of ether oxygens (including phenoxy) is 1. The topological polar surface area (TPSA) is 47.3 Å². The van der Waals surface area contributed by atoms with Gasteiger partial charge in [-0.15, -0.1) is 0 Å². The molecule has 0 amide bonds. The summed E-state index contributed by atoms with van der Waals surface area (Å²) in [6.45, 7) is 2.08. The van der Waals surface area contributed by atoms with E-state index < -0.39 is 0 Å². The number of methoxy groups -OCH3 is 1. The maximum atomic E-state index is 13.7. The van der Waals surface area contributed by atoms with Crippen LogP contribution < -0.4 is 16.0 Å². The van der Waals surface area contributed by atoms with Crippen LogP contribution in [-0.2, 0) is 12.8 Å². The van der Waals surface area contributed by atoms with E-state index >= 15 is 0 Å². The maximum Gasteiger partial charge on any atom is 0.165 e. The molecule has 0 bridgehead atoms. The number of nitrogens with one attached hydrogen (secondary N) is 1. The fourth-order valence-corrected chi connectivity index (χ4v) is 2.42. The van der Waals surface area contributed by atoms with E-state index in [1.807, 2.05) is 18.2 Å². The molecule has 2 aromatic rings. The molecule has 21 heavy (non-hydrogen) atoms. The minimum Gasteiger partial charge on any atom is -0.494 e. The van der Waals surface area contributed by atoms with Crippen LogP contribution >= 0.6 is 0 Å². The normalized spacial score (nSPS) is 12.2. The first-order valence-electron chi connectivity index (χ1n) is 6.97. The molecule has 0 aliphatic carbocycles. The Morgan fingerprint density at radius 3 is 2.57 bits per heavy atom. The number of benzene rings is 2. The van der Waals surface area contributed by atoms with Gasteiger partial charge in [0.1, 0.15) is 0 Å². The van der Waals surface area contributed by atoms with E-state index in [9.17, 15) is 4.39 Å². The average Bonchev–Trinajstić information content (AvgIpc) is 2.49. The van der Waals surface area contributed by atoms with Crippen molar-refractivity contribution < 1.29 is 9.13 Å². The van der Waals surface area contributed by atoms with Crippen molar-refractivity contribution in [1.82, 2.24) is 5.43 Å². The van der Waals surface area contributed by atoms with Crippen LogP contribution in [0.15, 0.2) is 42.5 Å². The summed E-state index contributed by atoms with van der Waals surface area (Å²) in [5.41, 5.74) is 6.19. The van der Waals surface area contributed by atoms with Gasteiger partial charge in [-0.25, -0.2) is 4.39 Å². The summed E-state index contributed by atoms with van der Waals surface area (Å²) in [5, 5.41) is 0. The van der Waals surface area contributed by atoms with Crippen LogP contribution in [0.25, 0.3) is 0 Å². The third-order valence-electron chi connectivity index (χ3n) is 3.66. The summed E-state index contributed by atoms with van der Waals surface area (Å²) < 4.78 is 18.6. The molecule has 2 aromatic carbocycles. The van der Waals surface area contributed by atoms with Gasteiger partial charge in [0.25, 0.3) is 0 Å². The second-order valence-electron chi connectivity index (χ2n) is 5.17. The van der Waals surface area contributed by atoms with E-state index in [2.05, 4.69) is 24.5 Å². The minimum atomic E-state index is -0.346. The van der Waals surface area contributed by atoms with Crippen LogP contribution in [0.2, 0.25) is 0 Å². The molecule has 2 rings (SSSR count). The van der Waals surface area contributed by atoms with E-state index in [-0.39, 0.29) is 17.6 Å². The number of hydrogen-bond donors (Lipinski definition) is 2. The van der Waals surface area contributed by atoms with Crippen LogP contribution in [0.4, 0.5) is 4.39 Å². The third kappa shape index (κ3) is 4.03. The Kier molecular flexibility index (Phi) is 5.31. The fourth-order valence-electron chi connectivity index (χ4n) is 2.42. The fraction of sp³-hybridized carbons (Fsp3) is 0.294. The Balaban J connectivity index is 2.09. The van der Waals surface area contributed by atoms with Crippen molar-refractivity contribution in [3.05, 3.63) is 65.0 Å². The van der Waals surface area contributed by atoms with Crippen molar-refractivity contribution in [2.24, 2.45) is 5.84 Å². The number of halogens is 1. The SMILES string of the molecule is COc1ccc(CC(Cc2ccccc2C)NN)cc1F. The molecule has 0 aromatic heterocycles. The van der Waals surface area contributed by atoms with E-state index in [0.717, 1.165) is 12.0 Å². The molecule has 0 radical (unpaired) electrons. The summed E-state index contributed by atoms with van der Waals surface area (Å²) >= 11 is 0. The molecule has 0 saturated heterocycles. The lowest BCUT2D eigenvalue weighted by Gasteiger charge is -2.17. The molecular formula is C17H21FN2O. The summed E-state index contributed by atoms with van der Waals surface area (Å²) in [4.78, 5) is 0. The summed E-state index contributed by atoms with van der Waals surface area (Å²) in [5.74, 6) is 5.56. The Morgan fingerprint density at radius 1 is 1.19 bits per heavy atom. The molecular weight excluding hydrogens is 267 g/mol. The van der Waals surface area contributed by atoms with Gasteiger partial charge in [0.15, 0.2) is 11.6 Å². The lowest BCUT2D eigenvalue weighted by Crippen LogP contribution is -2.38. The van der Waals surface area contributed by atoms with Gasteiger partial charge in [-0.2, -0.15) is 0 Å². The van der Waals surface area contributed by atoms with Gasteiger partial charge in [0.2, 0.25) is 0 Å². The molecule has 0 fully saturated rings. The Labute approximate surface area is 124 Å². The van der Waals surface area contributed by atoms with Gasteiger partial charge in [-0.3, -0.25) is 11.3 Å². The zero-order chi connectivity index (χ0) is 15.2. The predicted octanol–water partition coefficient (Wildman–Crippen LogP) is 2.76. The van der Waals surface area contributed by atoms with Crippen LogP contribution in [-0.4, -0.2) is 13.2 Å². The number of rotatable bonds is 6. The Bertz CT molecular complexity index is 601. The molecule has 3 N–H and O–H groups in total. The van der Waals surface area contributed by atoms with Crippen molar-refractivity contribution in [3.63, 3.8) is 0 Å². The van der Waals surface area contributed by atoms with E-state index in [1.165, 1.54) is 24.3 Å². The minimum absolute atomic E-state index is 0.0545. The lowest BCUT2D eigenvalue weighted by atomic mass is 9.97. The van der Waals surface area contributed by atoms with Gasteiger partial charge in [-0.05, 0) is 48.6 Å². The second-order valence-corrected chi connectivity index (χ2v) is 5.17. The molecule has 0 saturated carbocycles. The third-order valence-corrected chi connectivity index (χ3v) is 3.66. The molecule has 0 spiro atoms. The summed E-state index contributed by atoms with van der Waals surface area (Å²) in [6.07, 6.45) is 1.46. The number of hydrazine groups is 1. The molecule has 0 heterocycles. The lowest BCUT2D eigenvalue weighted by molar-refractivity contribution is 0.386. The van der Waals surface area contributed by atoms with E-state index in [4.69, 9.17) is 10.6 Å². The largest absolute Gasteiger partial charge is 0.494 e. The highest BCUT2D eigenvalue weighted by Crippen LogP contribution is 2.19. The first kappa shape index (κ1) is 15.5. The van der Waals surface area contributed by atoms with Crippen LogP contribution in [0.1, 0.15) is 16.7 Å². The second kappa shape index (κ2) is 7.20. The van der Waals surface area contributed by atoms with Crippen molar-refractivity contribution in [3.8, 4) is 5.75 Å². The van der Waals surface area contributed by atoms with Crippen LogP contribution in [0.3, 0.4) is 0 Å². The standard InChI is InChI=1S/C17H21FN2O/c1-12-5-3-4-6-14(12)11-15(20-19)9-13-7-8-17(21-2)16(18)10-13/h3-8,10,15,20H,9,11,19H2,1-2H3. The van der Waals surface area contributed by atoms with Gasteiger partial charge >= 0.3 is 0 Å². The van der Waals surface area contributed by atoms with Crippen LogP contribution in [0.5, 0.6) is 5.75 Å². The Hall–Kier alpha value is -1.91. The quantitative estimate of drug-likeness (QED) is 0.635. The number of hydrogen-bond acceptors (Lipinski definition) is 3. The van der Waals surface area contributed by atoms with Gasteiger partial charge in [0, 0.05) is 6.04 Å². The van der Waals surface area contributed by atoms with Crippen molar-refractivity contribution in [2.75, 3.05) is 7.11 Å². The highest BCUT2D eigenvalue weighted by Gasteiger charge is 2.12. The monoisotopic (exact) mass is 288 g/mol. The van der Waals surface area contributed by atoms with E-state index in [0.29, 0.717) is 6.42 Å². The van der Waals surface area contributed by atoms with Crippen molar-refractivity contribution in [1.29, 1.82) is 0 Å². The Morgan fingerprint density at radius 2 is 1.95 bits per heavy atom. The summed E-state index contributed by atoms with van der Waals surface area (Å²) in [6, 6.07) is 13.3. The molecule has 112 valence electrons. The van der Waals surface area contributed by atoms with Gasteiger partial charge in [0.05, 0.1) is 7.11 Å². The molecule has 0 aliphatic heterocycles. The predicted molar refractivity (Wildman–Crippen MR) is 82.7 cm³/mol. The van der Waals surface area contributed by atoms with Crippen molar-refractivity contribution >= 4 is 0 Å². The van der Waals surface area contributed by atoms with Crippen molar-refractivity contribution in [2.45, 2.75) is 25.8 Å². The maximum absolute atomic E-state index is 13.7. The zero-order valence-electron chi connectivity index (χ0n) is 12.4. The molecule has 0 aliphatic rings. The molecule has 4 heteroatoms. The average molecular weight is 288 g/mol. The highest BCUT2D eigenvalue weighted by molar-refractivity contribution is 5.31. The van der Waals surface area contributed by atoms with Gasteiger partial charge < -0.3 is 4.74 Å². The van der Waals surface area contributed by atoms with Gasteiger partial charge in [-0.1, -0.05) is 30.3 Å². The molecule has 1 atom stereocenters. The summed E-state index contributed by atoms with van der Waals surface area (Å²) in [7, 11) is 1.46. The number of aryl methyl sites for hydroxylation is 1. The number of nitrogens with two attached hydrogens (primary N) is 1. The molecule has 3 nitrogen and oxygen atoms in total. The zero-order valence-corrected chi connectivity index (χ0v) is 12.4. The highest BCUT2D eigenvalue weighted by atomic mass is 19.1. The first-order valence-corrected chi connectivity index (χ1v) is 6.97.